The van der Waals surface area contributed by atoms with Crippen molar-refractivity contribution < 1.29 is 22.3 Å². The van der Waals surface area contributed by atoms with Crippen molar-refractivity contribution in [1.82, 2.24) is 5.32 Å². The number of hydrogen-bond acceptors (Lipinski definition) is 2. The van der Waals surface area contributed by atoms with Crippen molar-refractivity contribution in [1.29, 1.82) is 0 Å². The summed E-state index contributed by atoms with van der Waals surface area (Å²) in [5.74, 6) is -1.27. The molecular formula is C14H19F4NO. The third-order valence-corrected chi connectivity index (χ3v) is 2.73. The SMILES string of the molecule is CNC(COC(C)(C)C)c1ccc(C(F)(F)F)c(F)c1. The zero-order valence-electron chi connectivity index (χ0n) is 11.9. The van der Waals surface area contributed by atoms with E-state index in [1.165, 1.54) is 6.07 Å². The Morgan fingerprint density at radius 1 is 1.20 bits per heavy atom. The van der Waals surface area contributed by atoms with E-state index in [1.807, 2.05) is 20.8 Å². The van der Waals surface area contributed by atoms with Gasteiger partial charge in [0.05, 0.1) is 23.8 Å². The van der Waals surface area contributed by atoms with Crippen LogP contribution in [0.2, 0.25) is 0 Å². The molecular weight excluding hydrogens is 274 g/mol. The van der Waals surface area contributed by atoms with Crippen LogP contribution < -0.4 is 5.32 Å². The minimum absolute atomic E-state index is 0.241. The molecule has 2 nitrogen and oxygen atoms in total. The average molecular weight is 293 g/mol. The smallest absolute Gasteiger partial charge is 0.374 e. The maximum atomic E-state index is 13.5. The van der Waals surface area contributed by atoms with Crippen LogP contribution in [0.1, 0.15) is 37.9 Å². The highest BCUT2D eigenvalue weighted by molar-refractivity contribution is 5.28. The standard InChI is InChI=1S/C14H19F4NO/c1-13(2,3)20-8-12(19-4)9-5-6-10(11(15)7-9)14(16,17)18/h5-7,12,19H,8H2,1-4H3. The van der Waals surface area contributed by atoms with Gasteiger partial charge in [-0.2, -0.15) is 13.2 Å². The Morgan fingerprint density at radius 2 is 1.80 bits per heavy atom. The molecule has 0 saturated carbocycles. The number of alkyl halides is 3. The fourth-order valence-corrected chi connectivity index (χ4v) is 1.66. The van der Waals surface area contributed by atoms with Gasteiger partial charge in [-0.1, -0.05) is 6.07 Å². The highest BCUT2D eigenvalue weighted by Crippen LogP contribution is 2.32. The van der Waals surface area contributed by atoms with E-state index in [-0.39, 0.29) is 18.2 Å². The van der Waals surface area contributed by atoms with E-state index in [2.05, 4.69) is 5.32 Å². The summed E-state index contributed by atoms with van der Waals surface area (Å²) in [5, 5.41) is 2.90. The summed E-state index contributed by atoms with van der Waals surface area (Å²) in [6, 6.07) is 2.55. The van der Waals surface area contributed by atoms with E-state index in [9.17, 15) is 17.6 Å². The van der Waals surface area contributed by atoms with Crippen molar-refractivity contribution >= 4 is 0 Å². The Balaban J connectivity index is 2.92. The Labute approximate surface area is 116 Å². The van der Waals surface area contributed by atoms with Crippen LogP contribution in [0.4, 0.5) is 17.6 Å². The lowest BCUT2D eigenvalue weighted by atomic mass is 10.0. The van der Waals surface area contributed by atoms with Crippen LogP contribution >= 0.6 is 0 Å². The van der Waals surface area contributed by atoms with Crippen molar-refractivity contribution in [3.63, 3.8) is 0 Å². The molecule has 1 N–H and O–H groups in total. The van der Waals surface area contributed by atoms with Gasteiger partial charge >= 0.3 is 6.18 Å². The summed E-state index contributed by atoms with van der Waals surface area (Å²) in [5.41, 5.74) is -1.21. The molecule has 0 spiro atoms. The molecule has 0 saturated heterocycles. The quantitative estimate of drug-likeness (QED) is 0.850. The second-order valence-electron chi connectivity index (χ2n) is 5.50. The summed E-state index contributed by atoms with van der Waals surface area (Å²) < 4.78 is 56.6. The van der Waals surface area contributed by atoms with Gasteiger partial charge in [0.25, 0.3) is 0 Å². The molecule has 0 aliphatic carbocycles. The van der Waals surface area contributed by atoms with Gasteiger partial charge in [-0.25, -0.2) is 4.39 Å². The number of likely N-dealkylation sites (N-methyl/N-ethyl adjacent to an activating group) is 1. The number of benzene rings is 1. The monoisotopic (exact) mass is 293 g/mol. The Hall–Kier alpha value is -1.14. The predicted octanol–water partition coefficient (Wildman–Crippen LogP) is 3.92. The number of hydrogen-bond donors (Lipinski definition) is 1. The van der Waals surface area contributed by atoms with Crippen molar-refractivity contribution in [3.05, 3.63) is 35.1 Å². The highest BCUT2D eigenvalue weighted by atomic mass is 19.4. The van der Waals surface area contributed by atoms with Crippen LogP contribution in [0, 0.1) is 5.82 Å². The lowest BCUT2D eigenvalue weighted by Crippen LogP contribution is -2.28. The van der Waals surface area contributed by atoms with Gasteiger partial charge < -0.3 is 10.1 Å². The maximum absolute atomic E-state index is 13.5. The van der Waals surface area contributed by atoms with Crippen LogP contribution in [0.5, 0.6) is 0 Å². The Kier molecular flexibility index (Phi) is 5.15. The topological polar surface area (TPSA) is 21.3 Å². The number of rotatable bonds is 4. The summed E-state index contributed by atoms with van der Waals surface area (Å²) >= 11 is 0. The van der Waals surface area contributed by atoms with Gasteiger partial charge in [-0.15, -0.1) is 0 Å². The number of nitrogens with one attached hydrogen (secondary N) is 1. The zero-order chi connectivity index (χ0) is 15.6. The molecule has 1 aromatic carbocycles. The summed E-state index contributed by atoms with van der Waals surface area (Å²) in [6.07, 6.45) is -4.68. The van der Waals surface area contributed by atoms with Crippen LogP contribution in [0.25, 0.3) is 0 Å². The van der Waals surface area contributed by atoms with Gasteiger partial charge in [-0.05, 0) is 45.5 Å². The second kappa shape index (κ2) is 6.10. The van der Waals surface area contributed by atoms with E-state index in [1.54, 1.807) is 7.05 Å². The molecule has 0 aliphatic heterocycles. The molecule has 1 rings (SSSR count). The van der Waals surface area contributed by atoms with E-state index in [4.69, 9.17) is 4.74 Å². The van der Waals surface area contributed by atoms with Crippen molar-refractivity contribution in [2.45, 2.75) is 38.6 Å². The first-order valence-corrected chi connectivity index (χ1v) is 6.22. The zero-order valence-corrected chi connectivity index (χ0v) is 11.9. The maximum Gasteiger partial charge on any atom is 0.419 e. The lowest BCUT2D eigenvalue weighted by Gasteiger charge is -2.24. The first kappa shape index (κ1) is 16.9. The van der Waals surface area contributed by atoms with Gasteiger partial charge in [0, 0.05) is 0 Å². The molecule has 0 aromatic heterocycles. The summed E-state index contributed by atoms with van der Waals surface area (Å²) in [4.78, 5) is 0. The molecule has 0 radical (unpaired) electrons. The highest BCUT2D eigenvalue weighted by Gasteiger charge is 2.34. The third-order valence-electron chi connectivity index (χ3n) is 2.73. The molecule has 0 bridgehead atoms. The van der Waals surface area contributed by atoms with Crippen molar-refractivity contribution in [2.75, 3.05) is 13.7 Å². The van der Waals surface area contributed by atoms with Gasteiger partial charge in [0.15, 0.2) is 0 Å². The Morgan fingerprint density at radius 3 is 2.20 bits per heavy atom. The lowest BCUT2D eigenvalue weighted by molar-refractivity contribution is -0.140. The minimum Gasteiger partial charge on any atom is -0.374 e. The fraction of sp³-hybridized carbons (Fsp3) is 0.571. The molecule has 20 heavy (non-hydrogen) atoms. The van der Waals surface area contributed by atoms with E-state index in [0.717, 1.165) is 12.1 Å². The van der Waals surface area contributed by atoms with Gasteiger partial charge in [0.1, 0.15) is 5.82 Å². The molecule has 0 aliphatic rings. The molecule has 114 valence electrons. The first-order valence-electron chi connectivity index (χ1n) is 6.22. The van der Waals surface area contributed by atoms with Crippen LogP contribution in [0.15, 0.2) is 18.2 Å². The number of ether oxygens (including phenoxy) is 1. The fourth-order valence-electron chi connectivity index (χ4n) is 1.66. The van der Waals surface area contributed by atoms with E-state index in [0.29, 0.717) is 5.56 Å². The summed E-state index contributed by atoms with van der Waals surface area (Å²) in [7, 11) is 1.65. The van der Waals surface area contributed by atoms with Crippen molar-refractivity contribution in [3.8, 4) is 0 Å². The summed E-state index contributed by atoms with van der Waals surface area (Å²) in [6.45, 7) is 5.85. The van der Waals surface area contributed by atoms with Gasteiger partial charge in [-0.3, -0.25) is 0 Å². The predicted molar refractivity (Wildman–Crippen MR) is 68.9 cm³/mol. The molecule has 6 heteroatoms. The minimum atomic E-state index is -4.68. The van der Waals surface area contributed by atoms with Crippen LogP contribution in [-0.2, 0) is 10.9 Å². The second-order valence-corrected chi connectivity index (χ2v) is 5.50. The molecule has 1 unspecified atom stereocenters. The molecule has 1 aromatic rings. The van der Waals surface area contributed by atoms with Gasteiger partial charge in [0.2, 0.25) is 0 Å². The first-order chi connectivity index (χ1) is 9.04. The molecule has 1 atom stereocenters. The molecule has 0 heterocycles. The van der Waals surface area contributed by atoms with E-state index < -0.39 is 17.6 Å². The largest absolute Gasteiger partial charge is 0.419 e. The molecule has 0 fully saturated rings. The van der Waals surface area contributed by atoms with Crippen LogP contribution in [-0.4, -0.2) is 19.3 Å². The van der Waals surface area contributed by atoms with E-state index >= 15 is 0 Å². The van der Waals surface area contributed by atoms with Crippen molar-refractivity contribution in [2.24, 2.45) is 0 Å². The van der Waals surface area contributed by atoms with Crippen LogP contribution in [0.3, 0.4) is 0 Å². The normalized spacial score (nSPS) is 14.4. The third kappa shape index (κ3) is 4.76. The average Bonchev–Trinajstić information content (AvgIpc) is 2.26. The Bertz CT molecular complexity index is 451. The number of halogens is 4. The molecule has 0 amide bonds.